The van der Waals surface area contributed by atoms with E-state index in [0.29, 0.717) is 17.8 Å². The summed E-state index contributed by atoms with van der Waals surface area (Å²) in [5, 5.41) is 8.51. The number of rotatable bonds is 5. The number of carbonyl (C=O) groups is 2. The fourth-order valence-electron chi connectivity index (χ4n) is 1.21. The number of hydrogen-bond acceptors (Lipinski definition) is 3. The number of halogens is 2. The molecule has 0 saturated carbocycles. The van der Waals surface area contributed by atoms with Gasteiger partial charge in [-0.1, -0.05) is 0 Å². The van der Waals surface area contributed by atoms with Gasteiger partial charge in [0.05, 0.1) is 8.66 Å². The Hall–Kier alpha value is -0.400. The topological polar surface area (TPSA) is 57.6 Å². The number of amides is 1. The van der Waals surface area contributed by atoms with E-state index in [1.54, 1.807) is 13.1 Å². The Balaban J connectivity index is 2.54. The van der Waals surface area contributed by atoms with Gasteiger partial charge >= 0.3 is 5.97 Å². The second-order valence-electron chi connectivity index (χ2n) is 3.46. The average Bonchev–Trinajstić information content (AvgIpc) is 2.57. The minimum absolute atomic E-state index is 0.0788. The molecule has 1 rings (SSSR count). The lowest BCUT2D eigenvalue weighted by molar-refractivity contribution is -0.137. The van der Waals surface area contributed by atoms with Crippen molar-refractivity contribution in [3.63, 3.8) is 0 Å². The molecule has 17 heavy (non-hydrogen) atoms. The first-order valence-corrected chi connectivity index (χ1v) is 7.24. The normalized spacial score (nSPS) is 10.3. The number of carboxylic acid groups (broad SMARTS) is 1. The van der Waals surface area contributed by atoms with Crippen molar-refractivity contribution in [2.75, 3.05) is 13.6 Å². The van der Waals surface area contributed by atoms with E-state index in [1.807, 2.05) is 0 Å². The van der Waals surface area contributed by atoms with Gasteiger partial charge < -0.3 is 10.0 Å². The van der Waals surface area contributed by atoms with Crippen molar-refractivity contribution in [2.45, 2.75) is 12.8 Å². The Morgan fingerprint density at radius 2 is 2.12 bits per heavy atom. The van der Waals surface area contributed by atoms with Crippen LogP contribution in [-0.4, -0.2) is 35.5 Å². The SMILES string of the molecule is CN(CCCC(=O)O)C(=O)c1cc(Br)c(Br)s1. The zero-order valence-corrected chi connectivity index (χ0v) is 13.1. The Bertz CT molecular complexity index is 414. The highest BCUT2D eigenvalue weighted by Crippen LogP contribution is 2.32. The summed E-state index contributed by atoms with van der Waals surface area (Å²) < 4.78 is 1.73. The maximum atomic E-state index is 11.9. The molecule has 1 amide bonds. The molecule has 0 aliphatic heterocycles. The van der Waals surface area contributed by atoms with Crippen molar-refractivity contribution in [3.05, 3.63) is 19.2 Å². The van der Waals surface area contributed by atoms with Gasteiger partial charge in [0.25, 0.3) is 5.91 Å². The molecule has 0 spiro atoms. The van der Waals surface area contributed by atoms with Crippen LogP contribution in [-0.2, 0) is 4.79 Å². The maximum absolute atomic E-state index is 11.9. The molecule has 0 aromatic carbocycles. The molecule has 7 heteroatoms. The first-order chi connectivity index (χ1) is 7.91. The quantitative estimate of drug-likeness (QED) is 0.847. The van der Waals surface area contributed by atoms with Crippen LogP contribution < -0.4 is 0 Å². The van der Waals surface area contributed by atoms with Crippen LogP contribution in [0.15, 0.2) is 14.3 Å². The third-order valence-corrected chi connectivity index (χ3v) is 5.33. The average molecular weight is 385 g/mol. The fraction of sp³-hybridized carbons (Fsp3) is 0.400. The lowest BCUT2D eigenvalue weighted by atomic mass is 10.3. The van der Waals surface area contributed by atoms with Gasteiger partial charge in [-0.25, -0.2) is 0 Å². The molecular formula is C10H11Br2NO3S. The molecule has 0 fully saturated rings. The molecule has 0 saturated heterocycles. The predicted octanol–water partition coefficient (Wildman–Crippen LogP) is 3.21. The largest absolute Gasteiger partial charge is 0.481 e. The summed E-state index contributed by atoms with van der Waals surface area (Å²) in [7, 11) is 1.67. The van der Waals surface area contributed by atoms with E-state index >= 15 is 0 Å². The summed E-state index contributed by atoms with van der Waals surface area (Å²) >= 11 is 8.00. The van der Waals surface area contributed by atoms with Gasteiger partial charge in [-0.3, -0.25) is 9.59 Å². The first kappa shape index (κ1) is 14.7. The zero-order valence-electron chi connectivity index (χ0n) is 9.07. The minimum atomic E-state index is -0.840. The maximum Gasteiger partial charge on any atom is 0.303 e. The van der Waals surface area contributed by atoms with Crippen LogP contribution in [0, 0.1) is 0 Å². The van der Waals surface area contributed by atoms with Gasteiger partial charge in [0.2, 0.25) is 0 Å². The van der Waals surface area contributed by atoms with Crippen molar-refractivity contribution < 1.29 is 14.7 Å². The van der Waals surface area contributed by atoms with E-state index in [0.717, 1.165) is 8.26 Å². The number of carbonyl (C=O) groups excluding carboxylic acids is 1. The van der Waals surface area contributed by atoms with Crippen LogP contribution in [0.2, 0.25) is 0 Å². The number of hydrogen-bond donors (Lipinski definition) is 1. The number of thiophene rings is 1. The highest BCUT2D eigenvalue weighted by molar-refractivity contribution is 9.13. The molecule has 1 aromatic rings. The second kappa shape index (κ2) is 6.51. The van der Waals surface area contributed by atoms with Gasteiger partial charge in [-0.05, 0) is 44.3 Å². The molecule has 1 N–H and O–H groups in total. The summed E-state index contributed by atoms with van der Waals surface area (Å²) in [6.07, 6.45) is 0.542. The Morgan fingerprint density at radius 1 is 1.47 bits per heavy atom. The standard InChI is InChI=1S/C10H11Br2NO3S/c1-13(4-2-3-8(14)15)10(16)7-5-6(11)9(12)17-7/h5H,2-4H2,1H3,(H,14,15). The van der Waals surface area contributed by atoms with E-state index < -0.39 is 5.97 Å². The second-order valence-corrected chi connectivity index (χ2v) is 6.68. The smallest absolute Gasteiger partial charge is 0.303 e. The van der Waals surface area contributed by atoms with E-state index in [2.05, 4.69) is 31.9 Å². The zero-order chi connectivity index (χ0) is 13.0. The Morgan fingerprint density at radius 3 is 2.59 bits per heavy atom. The van der Waals surface area contributed by atoms with E-state index in [9.17, 15) is 9.59 Å². The third-order valence-electron chi connectivity index (χ3n) is 2.09. The summed E-state index contributed by atoms with van der Waals surface area (Å²) in [4.78, 5) is 24.4. The fourth-order valence-corrected chi connectivity index (χ4v) is 3.24. The van der Waals surface area contributed by atoms with Crippen LogP contribution >= 0.6 is 43.2 Å². The van der Waals surface area contributed by atoms with Gasteiger partial charge in [0.15, 0.2) is 0 Å². The van der Waals surface area contributed by atoms with Crippen molar-refractivity contribution in [1.29, 1.82) is 0 Å². The van der Waals surface area contributed by atoms with Gasteiger partial charge in [-0.15, -0.1) is 11.3 Å². The highest BCUT2D eigenvalue weighted by Gasteiger charge is 2.16. The summed E-state index contributed by atoms with van der Waals surface area (Å²) in [6.45, 7) is 0.443. The van der Waals surface area contributed by atoms with E-state index in [4.69, 9.17) is 5.11 Å². The number of nitrogens with zero attached hydrogens (tertiary/aromatic N) is 1. The van der Waals surface area contributed by atoms with Crippen LogP contribution in [0.3, 0.4) is 0 Å². The first-order valence-electron chi connectivity index (χ1n) is 4.84. The van der Waals surface area contributed by atoms with Crippen LogP contribution in [0.25, 0.3) is 0 Å². The molecule has 0 unspecified atom stereocenters. The molecule has 0 aliphatic carbocycles. The third kappa shape index (κ3) is 4.40. The molecule has 1 heterocycles. The minimum Gasteiger partial charge on any atom is -0.481 e. The molecule has 0 atom stereocenters. The van der Waals surface area contributed by atoms with Crippen LogP contribution in [0.5, 0.6) is 0 Å². The van der Waals surface area contributed by atoms with Gasteiger partial charge in [0, 0.05) is 24.5 Å². The van der Waals surface area contributed by atoms with Crippen molar-refractivity contribution in [2.24, 2.45) is 0 Å². The van der Waals surface area contributed by atoms with Gasteiger partial charge in [0.1, 0.15) is 0 Å². The van der Waals surface area contributed by atoms with E-state index in [1.165, 1.54) is 16.2 Å². The summed E-state index contributed by atoms with van der Waals surface area (Å²) in [6, 6.07) is 1.75. The molecule has 1 aromatic heterocycles. The summed E-state index contributed by atoms with van der Waals surface area (Å²) in [5.41, 5.74) is 0. The van der Waals surface area contributed by atoms with Crippen LogP contribution in [0.4, 0.5) is 0 Å². The molecule has 0 radical (unpaired) electrons. The highest BCUT2D eigenvalue weighted by atomic mass is 79.9. The molecule has 4 nitrogen and oxygen atoms in total. The molecule has 0 aliphatic rings. The number of carboxylic acids is 1. The molecule has 94 valence electrons. The van der Waals surface area contributed by atoms with E-state index in [-0.39, 0.29) is 12.3 Å². The van der Waals surface area contributed by atoms with Gasteiger partial charge in [-0.2, -0.15) is 0 Å². The predicted molar refractivity (Wildman–Crippen MR) is 73.5 cm³/mol. The van der Waals surface area contributed by atoms with Crippen molar-refractivity contribution in [3.8, 4) is 0 Å². The number of aliphatic carboxylic acids is 1. The van der Waals surface area contributed by atoms with Crippen molar-refractivity contribution >= 4 is 55.1 Å². The monoisotopic (exact) mass is 383 g/mol. The molecule has 0 bridgehead atoms. The van der Waals surface area contributed by atoms with Crippen molar-refractivity contribution in [1.82, 2.24) is 4.90 Å². The lowest BCUT2D eigenvalue weighted by Gasteiger charge is -2.15. The molecular weight excluding hydrogens is 374 g/mol. The lowest BCUT2D eigenvalue weighted by Crippen LogP contribution is -2.27. The summed E-state index contributed by atoms with van der Waals surface area (Å²) in [5.74, 6) is -0.931. The van der Waals surface area contributed by atoms with Crippen LogP contribution in [0.1, 0.15) is 22.5 Å². The Labute approximate surface area is 120 Å². The Kier molecular flexibility index (Phi) is 5.61.